The topological polar surface area (TPSA) is 6.48 Å². The van der Waals surface area contributed by atoms with Gasteiger partial charge in [0.15, 0.2) is 0 Å². The predicted molar refractivity (Wildman–Crippen MR) is 94.5 cm³/mol. The van der Waals surface area contributed by atoms with Crippen LogP contribution in [0.1, 0.15) is 12.5 Å². The molecular formula is C20H20N2. The molecule has 0 aromatic heterocycles. The molecule has 0 saturated carbocycles. The van der Waals surface area contributed by atoms with Crippen LogP contribution in [0.2, 0.25) is 0 Å². The molecule has 1 aliphatic rings. The zero-order chi connectivity index (χ0) is 14.9. The van der Waals surface area contributed by atoms with Gasteiger partial charge in [0, 0.05) is 13.1 Å². The number of hydrogen-bond acceptors (Lipinski definition) is 2. The van der Waals surface area contributed by atoms with Crippen molar-refractivity contribution in [3.05, 3.63) is 72.3 Å². The van der Waals surface area contributed by atoms with Crippen molar-refractivity contribution >= 4 is 22.1 Å². The van der Waals surface area contributed by atoms with Gasteiger partial charge in [-0.15, -0.1) is 0 Å². The number of anilines is 2. The Balaban J connectivity index is 1.72. The highest BCUT2D eigenvalue weighted by Gasteiger charge is 2.24. The summed E-state index contributed by atoms with van der Waals surface area (Å²) in [6.45, 7) is 5.19. The molecule has 0 saturated heterocycles. The lowest BCUT2D eigenvalue weighted by Gasteiger charge is -2.21. The number of hydrogen-bond donors (Lipinski definition) is 0. The normalized spacial score (nSPS) is 13.7. The Hall–Kier alpha value is -2.48. The van der Waals surface area contributed by atoms with E-state index in [0.29, 0.717) is 0 Å². The summed E-state index contributed by atoms with van der Waals surface area (Å²) in [6.07, 6.45) is 0. The molecule has 22 heavy (non-hydrogen) atoms. The Morgan fingerprint density at radius 3 is 2.27 bits per heavy atom. The predicted octanol–water partition coefficient (Wildman–Crippen LogP) is 4.64. The van der Waals surface area contributed by atoms with Gasteiger partial charge in [-0.05, 0) is 35.4 Å². The Labute approximate surface area is 131 Å². The first-order chi connectivity index (χ1) is 10.9. The van der Waals surface area contributed by atoms with Gasteiger partial charge in [0.2, 0.25) is 0 Å². The number of benzene rings is 3. The number of para-hydroxylation sites is 2. The van der Waals surface area contributed by atoms with E-state index in [2.05, 4.69) is 83.5 Å². The summed E-state index contributed by atoms with van der Waals surface area (Å²) in [4.78, 5) is 4.90. The lowest BCUT2D eigenvalue weighted by atomic mass is 10.0. The largest absolute Gasteiger partial charge is 0.352 e. The van der Waals surface area contributed by atoms with Gasteiger partial charge in [0.05, 0.1) is 18.0 Å². The van der Waals surface area contributed by atoms with E-state index in [1.807, 2.05) is 0 Å². The van der Waals surface area contributed by atoms with Gasteiger partial charge in [0.1, 0.15) is 0 Å². The van der Waals surface area contributed by atoms with Gasteiger partial charge in [-0.1, -0.05) is 54.6 Å². The van der Waals surface area contributed by atoms with E-state index in [9.17, 15) is 0 Å². The van der Waals surface area contributed by atoms with Crippen LogP contribution in [-0.2, 0) is 6.54 Å². The van der Waals surface area contributed by atoms with Crippen LogP contribution in [-0.4, -0.2) is 13.2 Å². The summed E-state index contributed by atoms with van der Waals surface area (Å²) < 4.78 is 0. The van der Waals surface area contributed by atoms with Crippen LogP contribution in [0.3, 0.4) is 0 Å². The second kappa shape index (κ2) is 5.38. The highest BCUT2D eigenvalue weighted by atomic mass is 15.4. The third-order valence-corrected chi connectivity index (χ3v) is 4.53. The first kappa shape index (κ1) is 13.2. The van der Waals surface area contributed by atoms with Crippen LogP contribution in [0.4, 0.5) is 11.4 Å². The van der Waals surface area contributed by atoms with Crippen LogP contribution < -0.4 is 9.80 Å². The summed E-state index contributed by atoms with van der Waals surface area (Å²) in [6, 6.07) is 24.0. The van der Waals surface area contributed by atoms with E-state index in [1.54, 1.807) is 0 Å². The molecule has 0 bridgehead atoms. The minimum absolute atomic E-state index is 0.953. The standard InChI is InChI=1S/C20H20N2/c1-2-21-15-22(20-13-6-5-12-19(20)21)14-17-10-7-9-16-8-3-4-11-18(16)17/h3-13H,2,14-15H2,1H3. The molecule has 0 N–H and O–H groups in total. The minimum atomic E-state index is 0.953. The summed E-state index contributed by atoms with van der Waals surface area (Å²) in [5, 5.41) is 2.68. The highest BCUT2D eigenvalue weighted by Crippen LogP contribution is 2.36. The van der Waals surface area contributed by atoms with Crippen molar-refractivity contribution in [3.8, 4) is 0 Å². The van der Waals surface area contributed by atoms with Crippen molar-refractivity contribution in [2.45, 2.75) is 13.5 Å². The summed E-state index contributed by atoms with van der Waals surface area (Å²) in [7, 11) is 0. The van der Waals surface area contributed by atoms with Crippen molar-refractivity contribution in [2.75, 3.05) is 23.0 Å². The van der Waals surface area contributed by atoms with Gasteiger partial charge in [0.25, 0.3) is 0 Å². The zero-order valence-electron chi connectivity index (χ0n) is 12.9. The van der Waals surface area contributed by atoms with E-state index >= 15 is 0 Å². The zero-order valence-corrected chi connectivity index (χ0v) is 12.9. The SMILES string of the molecule is CCN1CN(Cc2cccc3ccccc23)c2ccccc21. The number of nitrogens with zero attached hydrogens (tertiary/aromatic N) is 2. The van der Waals surface area contributed by atoms with Crippen molar-refractivity contribution in [2.24, 2.45) is 0 Å². The lowest BCUT2D eigenvalue weighted by molar-refractivity contribution is 0.783. The Kier molecular flexibility index (Phi) is 3.23. The van der Waals surface area contributed by atoms with Crippen LogP contribution in [0.5, 0.6) is 0 Å². The van der Waals surface area contributed by atoms with Crippen LogP contribution in [0, 0.1) is 0 Å². The van der Waals surface area contributed by atoms with Crippen LogP contribution >= 0.6 is 0 Å². The van der Waals surface area contributed by atoms with Gasteiger partial charge in [-0.3, -0.25) is 0 Å². The molecule has 2 nitrogen and oxygen atoms in total. The van der Waals surface area contributed by atoms with Gasteiger partial charge >= 0.3 is 0 Å². The van der Waals surface area contributed by atoms with E-state index in [0.717, 1.165) is 19.8 Å². The van der Waals surface area contributed by atoms with E-state index in [-0.39, 0.29) is 0 Å². The van der Waals surface area contributed by atoms with Crippen molar-refractivity contribution in [3.63, 3.8) is 0 Å². The lowest BCUT2D eigenvalue weighted by Crippen LogP contribution is -2.30. The second-order valence-corrected chi connectivity index (χ2v) is 5.82. The molecule has 2 heteroatoms. The van der Waals surface area contributed by atoms with E-state index in [1.165, 1.54) is 27.7 Å². The average molecular weight is 288 g/mol. The Bertz CT molecular complexity index is 804. The molecule has 0 aliphatic carbocycles. The third kappa shape index (κ3) is 2.12. The molecule has 3 aromatic rings. The fourth-order valence-corrected chi connectivity index (χ4v) is 3.40. The first-order valence-corrected chi connectivity index (χ1v) is 7.92. The summed E-state index contributed by atoms with van der Waals surface area (Å²) in [5.74, 6) is 0. The maximum absolute atomic E-state index is 2.47. The molecule has 1 aliphatic heterocycles. The Morgan fingerprint density at radius 1 is 0.773 bits per heavy atom. The molecule has 4 rings (SSSR count). The maximum Gasteiger partial charge on any atom is 0.0907 e. The molecule has 110 valence electrons. The summed E-state index contributed by atoms with van der Waals surface area (Å²) >= 11 is 0. The fraction of sp³-hybridized carbons (Fsp3) is 0.200. The number of rotatable bonds is 3. The molecule has 0 radical (unpaired) electrons. The molecule has 0 amide bonds. The fourth-order valence-electron chi connectivity index (χ4n) is 3.40. The molecule has 0 unspecified atom stereocenters. The van der Waals surface area contributed by atoms with Gasteiger partial charge in [-0.25, -0.2) is 0 Å². The number of fused-ring (bicyclic) bond motifs is 2. The van der Waals surface area contributed by atoms with Crippen LogP contribution in [0.25, 0.3) is 10.8 Å². The molecule has 0 spiro atoms. The quantitative estimate of drug-likeness (QED) is 0.692. The molecule has 0 fully saturated rings. The smallest absolute Gasteiger partial charge is 0.0907 e. The van der Waals surface area contributed by atoms with E-state index in [4.69, 9.17) is 0 Å². The van der Waals surface area contributed by atoms with E-state index < -0.39 is 0 Å². The monoisotopic (exact) mass is 288 g/mol. The molecule has 3 aromatic carbocycles. The van der Waals surface area contributed by atoms with Gasteiger partial charge in [-0.2, -0.15) is 0 Å². The van der Waals surface area contributed by atoms with Crippen LogP contribution in [0.15, 0.2) is 66.7 Å². The molecule has 0 atom stereocenters. The third-order valence-electron chi connectivity index (χ3n) is 4.53. The van der Waals surface area contributed by atoms with Crippen molar-refractivity contribution in [1.29, 1.82) is 0 Å². The average Bonchev–Trinajstić information content (AvgIpc) is 2.93. The Morgan fingerprint density at radius 2 is 1.45 bits per heavy atom. The van der Waals surface area contributed by atoms with Crippen molar-refractivity contribution in [1.82, 2.24) is 0 Å². The maximum atomic E-state index is 2.47. The molecule has 1 heterocycles. The van der Waals surface area contributed by atoms with Gasteiger partial charge < -0.3 is 9.80 Å². The summed E-state index contributed by atoms with van der Waals surface area (Å²) in [5.41, 5.74) is 4.09. The second-order valence-electron chi connectivity index (χ2n) is 5.82. The molecular weight excluding hydrogens is 268 g/mol. The highest BCUT2D eigenvalue weighted by molar-refractivity contribution is 5.86. The minimum Gasteiger partial charge on any atom is -0.352 e. The van der Waals surface area contributed by atoms with Crippen molar-refractivity contribution < 1.29 is 0 Å². The first-order valence-electron chi connectivity index (χ1n) is 7.92.